The fourth-order valence-electron chi connectivity index (χ4n) is 1.44. The Balaban J connectivity index is 3.16. The summed E-state index contributed by atoms with van der Waals surface area (Å²) in [5.41, 5.74) is 3.00. The number of hydrogen-bond acceptors (Lipinski definition) is 3. The van der Waals surface area contributed by atoms with Gasteiger partial charge in [-0.05, 0) is 24.0 Å². The molecule has 0 saturated carbocycles. The SMILES string of the molecule is CCC(C)c1cccc(C(=O)NN)c1O. The first-order valence-corrected chi connectivity index (χ1v) is 4.94. The van der Waals surface area contributed by atoms with Gasteiger partial charge in [0, 0.05) is 0 Å². The molecule has 0 aliphatic heterocycles. The van der Waals surface area contributed by atoms with E-state index in [4.69, 9.17) is 5.84 Å². The van der Waals surface area contributed by atoms with Crippen LogP contribution in [0.2, 0.25) is 0 Å². The number of hydrazine groups is 1. The molecule has 4 nitrogen and oxygen atoms in total. The summed E-state index contributed by atoms with van der Waals surface area (Å²) < 4.78 is 0. The van der Waals surface area contributed by atoms with Gasteiger partial charge in [-0.3, -0.25) is 10.2 Å². The minimum Gasteiger partial charge on any atom is -0.507 e. The van der Waals surface area contributed by atoms with Crippen LogP contribution in [0.1, 0.15) is 42.1 Å². The van der Waals surface area contributed by atoms with Crippen LogP contribution in [0.15, 0.2) is 18.2 Å². The Bertz CT molecular complexity index is 364. The first-order chi connectivity index (χ1) is 7.11. The summed E-state index contributed by atoms with van der Waals surface area (Å²) in [6.07, 6.45) is 0.904. The lowest BCUT2D eigenvalue weighted by Gasteiger charge is -2.13. The maximum Gasteiger partial charge on any atom is 0.268 e. The molecule has 0 fully saturated rings. The van der Waals surface area contributed by atoms with E-state index >= 15 is 0 Å². The molecule has 0 heterocycles. The fraction of sp³-hybridized carbons (Fsp3) is 0.364. The highest BCUT2D eigenvalue weighted by molar-refractivity contribution is 5.96. The minimum absolute atomic E-state index is 0.0230. The summed E-state index contributed by atoms with van der Waals surface area (Å²) in [5.74, 6) is 4.79. The second-order valence-electron chi connectivity index (χ2n) is 3.53. The topological polar surface area (TPSA) is 75.4 Å². The molecule has 15 heavy (non-hydrogen) atoms. The molecule has 0 aliphatic rings. The van der Waals surface area contributed by atoms with E-state index < -0.39 is 5.91 Å². The summed E-state index contributed by atoms with van der Waals surface area (Å²) >= 11 is 0. The molecule has 4 N–H and O–H groups in total. The Morgan fingerprint density at radius 3 is 2.80 bits per heavy atom. The van der Waals surface area contributed by atoms with Gasteiger partial charge in [-0.1, -0.05) is 26.0 Å². The number of phenolic OH excluding ortho intramolecular Hbond substituents is 1. The zero-order chi connectivity index (χ0) is 11.4. The lowest BCUT2D eigenvalue weighted by Crippen LogP contribution is -2.30. The first-order valence-electron chi connectivity index (χ1n) is 4.94. The maximum atomic E-state index is 11.3. The molecule has 0 saturated heterocycles. The van der Waals surface area contributed by atoms with E-state index in [1.54, 1.807) is 12.1 Å². The molecule has 0 spiro atoms. The predicted octanol–water partition coefficient (Wildman–Crippen LogP) is 1.51. The van der Waals surface area contributed by atoms with Crippen molar-refractivity contribution in [1.29, 1.82) is 0 Å². The van der Waals surface area contributed by atoms with Gasteiger partial charge in [0.25, 0.3) is 5.91 Å². The number of aromatic hydroxyl groups is 1. The molecule has 1 unspecified atom stereocenters. The molecule has 1 atom stereocenters. The van der Waals surface area contributed by atoms with E-state index in [0.717, 1.165) is 12.0 Å². The van der Waals surface area contributed by atoms with Crippen LogP contribution < -0.4 is 11.3 Å². The number of nitrogen functional groups attached to an aromatic ring is 1. The Morgan fingerprint density at radius 1 is 1.60 bits per heavy atom. The number of nitrogens with one attached hydrogen (secondary N) is 1. The van der Waals surface area contributed by atoms with Gasteiger partial charge in [0.05, 0.1) is 5.56 Å². The zero-order valence-electron chi connectivity index (χ0n) is 8.95. The number of rotatable bonds is 3. The third-order valence-electron chi connectivity index (χ3n) is 2.59. The number of nitrogens with two attached hydrogens (primary N) is 1. The van der Waals surface area contributed by atoms with Gasteiger partial charge >= 0.3 is 0 Å². The van der Waals surface area contributed by atoms with Gasteiger partial charge in [0.2, 0.25) is 0 Å². The quantitative estimate of drug-likeness (QED) is 0.400. The molecule has 0 radical (unpaired) electrons. The Hall–Kier alpha value is -1.55. The lowest BCUT2D eigenvalue weighted by molar-refractivity contribution is 0.0951. The number of para-hydroxylation sites is 1. The second-order valence-corrected chi connectivity index (χ2v) is 3.53. The van der Waals surface area contributed by atoms with Crippen LogP contribution in [0.25, 0.3) is 0 Å². The number of phenols is 1. The largest absolute Gasteiger partial charge is 0.507 e. The Labute approximate surface area is 89.1 Å². The molecule has 4 heteroatoms. The maximum absolute atomic E-state index is 11.3. The van der Waals surface area contributed by atoms with Crippen molar-refractivity contribution < 1.29 is 9.90 Å². The van der Waals surface area contributed by atoms with Crippen molar-refractivity contribution in [3.05, 3.63) is 29.3 Å². The van der Waals surface area contributed by atoms with E-state index in [1.807, 2.05) is 25.3 Å². The fourth-order valence-corrected chi connectivity index (χ4v) is 1.44. The van der Waals surface area contributed by atoms with Crippen molar-refractivity contribution in [2.75, 3.05) is 0 Å². The number of benzene rings is 1. The summed E-state index contributed by atoms with van der Waals surface area (Å²) in [5, 5.41) is 9.88. The second kappa shape index (κ2) is 4.79. The molecule has 82 valence electrons. The third-order valence-corrected chi connectivity index (χ3v) is 2.59. The van der Waals surface area contributed by atoms with Crippen molar-refractivity contribution in [3.8, 4) is 5.75 Å². The molecule has 1 aromatic carbocycles. The molecule has 0 aromatic heterocycles. The van der Waals surface area contributed by atoms with Gasteiger partial charge in [-0.2, -0.15) is 0 Å². The number of amides is 1. The van der Waals surface area contributed by atoms with Crippen molar-refractivity contribution >= 4 is 5.91 Å². The van der Waals surface area contributed by atoms with Crippen LogP contribution >= 0.6 is 0 Å². The summed E-state index contributed by atoms with van der Waals surface area (Å²) in [4.78, 5) is 11.3. The van der Waals surface area contributed by atoms with Crippen molar-refractivity contribution in [2.24, 2.45) is 5.84 Å². The zero-order valence-corrected chi connectivity index (χ0v) is 8.95. The monoisotopic (exact) mass is 208 g/mol. The van der Waals surface area contributed by atoms with Gasteiger partial charge in [-0.25, -0.2) is 5.84 Å². The standard InChI is InChI=1S/C11H16N2O2/c1-3-7(2)8-5-4-6-9(10(8)14)11(15)13-12/h4-7,14H,3,12H2,1-2H3,(H,13,15). The van der Waals surface area contributed by atoms with E-state index in [0.29, 0.717) is 0 Å². The molecular weight excluding hydrogens is 192 g/mol. The van der Waals surface area contributed by atoms with Gasteiger partial charge < -0.3 is 5.11 Å². The number of carbonyl (C=O) groups is 1. The minimum atomic E-state index is -0.474. The van der Waals surface area contributed by atoms with Crippen molar-refractivity contribution in [1.82, 2.24) is 5.43 Å². The predicted molar refractivity (Wildman–Crippen MR) is 58.5 cm³/mol. The third kappa shape index (κ3) is 2.27. The van der Waals surface area contributed by atoms with Gasteiger partial charge in [0.15, 0.2) is 0 Å². The van der Waals surface area contributed by atoms with Crippen LogP contribution in [0.5, 0.6) is 5.75 Å². The highest BCUT2D eigenvalue weighted by atomic mass is 16.3. The van der Waals surface area contributed by atoms with Crippen molar-refractivity contribution in [3.63, 3.8) is 0 Å². The highest BCUT2D eigenvalue weighted by Crippen LogP contribution is 2.30. The Kier molecular flexibility index (Phi) is 3.68. The summed E-state index contributed by atoms with van der Waals surface area (Å²) in [6.45, 7) is 4.03. The van der Waals surface area contributed by atoms with Crippen LogP contribution in [-0.4, -0.2) is 11.0 Å². The lowest BCUT2D eigenvalue weighted by atomic mass is 9.95. The van der Waals surface area contributed by atoms with Crippen LogP contribution in [-0.2, 0) is 0 Å². The molecule has 1 rings (SSSR count). The molecule has 1 amide bonds. The van der Waals surface area contributed by atoms with Crippen LogP contribution in [0.3, 0.4) is 0 Å². The Morgan fingerprint density at radius 2 is 2.27 bits per heavy atom. The average Bonchev–Trinajstić information content (AvgIpc) is 2.27. The van der Waals surface area contributed by atoms with Gasteiger partial charge in [0.1, 0.15) is 5.75 Å². The van der Waals surface area contributed by atoms with Crippen LogP contribution in [0, 0.1) is 0 Å². The summed E-state index contributed by atoms with van der Waals surface area (Å²) in [6, 6.07) is 5.10. The average molecular weight is 208 g/mol. The van der Waals surface area contributed by atoms with E-state index in [9.17, 15) is 9.90 Å². The number of carbonyl (C=O) groups excluding carboxylic acids is 1. The molecule has 0 aliphatic carbocycles. The normalized spacial score (nSPS) is 12.2. The smallest absolute Gasteiger partial charge is 0.268 e. The van der Waals surface area contributed by atoms with E-state index in [1.165, 1.54) is 0 Å². The molecule has 1 aromatic rings. The summed E-state index contributed by atoms with van der Waals surface area (Å²) in [7, 11) is 0. The number of hydrogen-bond donors (Lipinski definition) is 3. The molecule has 0 bridgehead atoms. The molecular formula is C11H16N2O2. The van der Waals surface area contributed by atoms with E-state index in [-0.39, 0.29) is 17.2 Å². The van der Waals surface area contributed by atoms with Crippen molar-refractivity contribution in [2.45, 2.75) is 26.2 Å². The van der Waals surface area contributed by atoms with Crippen LogP contribution in [0.4, 0.5) is 0 Å². The first kappa shape index (κ1) is 11.5. The van der Waals surface area contributed by atoms with E-state index in [2.05, 4.69) is 0 Å². The van der Waals surface area contributed by atoms with Gasteiger partial charge in [-0.15, -0.1) is 0 Å². The highest BCUT2D eigenvalue weighted by Gasteiger charge is 2.15.